The van der Waals surface area contributed by atoms with Crippen molar-refractivity contribution in [2.45, 2.75) is 49.3 Å². The van der Waals surface area contributed by atoms with E-state index in [2.05, 4.69) is 6.07 Å². The van der Waals surface area contributed by atoms with Gasteiger partial charge >= 0.3 is 0 Å². The molecule has 160 valence electrons. The van der Waals surface area contributed by atoms with Gasteiger partial charge in [-0.05, 0) is 48.3 Å². The Morgan fingerprint density at radius 2 is 1.77 bits per heavy atom. The van der Waals surface area contributed by atoms with E-state index in [1.54, 1.807) is 15.8 Å². The summed E-state index contributed by atoms with van der Waals surface area (Å²) < 4.78 is 28.2. The molecule has 5 rings (SSSR count). The zero-order valence-electron chi connectivity index (χ0n) is 17.1. The van der Waals surface area contributed by atoms with Crippen LogP contribution in [0.4, 0.5) is 0 Å². The molecule has 5 nitrogen and oxygen atoms in total. The van der Waals surface area contributed by atoms with Crippen molar-refractivity contribution in [3.63, 3.8) is 0 Å². The molecule has 30 heavy (non-hydrogen) atoms. The van der Waals surface area contributed by atoms with E-state index < -0.39 is 10.0 Å². The molecular formula is C23H28N2O3S2. The molecule has 1 aromatic heterocycles. The second kappa shape index (κ2) is 8.09. The number of piperidine rings is 1. The summed E-state index contributed by atoms with van der Waals surface area (Å²) in [5, 5.41) is 1.72. The molecule has 3 aliphatic rings. The fraction of sp³-hybridized carbons (Fsp3) is 0.522. The van der Waals surface area contributed by atoms with Gasteiger partial charge in [-0.1, -0.05) is 43.5 Å². The molecule has 0 spiro atoms. The van der Waals surface area contributed by atoms with Crippen LogP contribution >= 0.6 is 11.3 Å². The highest BCUT2D eigenvalue weighted by Crippen LogP contribution is 2.37. The lowest BCUT2D eigenvalue weighted by Crippen LogP contribution is -2.44. The molecule has 1 aliphatic carbocycles. The molecule has 1 aromatic carbocycles. The quantitative estimate of drug-likeness (QED) is 0.715. The molecule has 0 unspecified atom stereocenters. The summed E-state index contributed by atoms with van der Waals surface area (Å²) in [5.74, 6) is 1.37. The number of carbonyl (C=O) groups excluding carboxylic acids is 1. The van der Waals surface area contributed by atoms with Crippen LogP contribution in [0.15, 0.2) is 39.9 Å². The number of benzene rings is 1. The van der Waals surface area contributed by atoms with E-state index in [9.17, 15) is 13.2 Å². The second-order valence-corrected chi connectivity index (χ2v) is 11.9. The van der Waals surface area contributed by atoms with Gasteiger partial charge in [-0.2, -0.15) is 4.31 Å². The van der Waals surface area contributed by atoms with E-state index in [0.717, 1.165) is 37.4 Å². The summed E-state index contributed by atoms with van der Waals surface area (Å²) in [6.07, 6.45) is 6.91. The van der Waals surface area contributed by atoms with Crippen molar-refractivity contribution in [3.8, 4) is 0 Å². The van der Waals surface area contributed by atoms with E-state index in [-0.39, 0.29) is 10.1 Å². The molecule has 0 N–H and O–H groups in total. The molecule has 3 heterocycles. The number of hydrogen-bond donors (Lipinski definition) is 0. The first-order chi connectivity index (χ1) is 14.5. The minimum atomic E-state index is -3.59. The van der Waals surface area contributed by atoms with Gasteiger partial charge in [0.15, 0.2) is 0 Å². The van der Waals surface area contributed by atoms with E-state index >= 15 is 0 Å². The topological polar surface area (TPSA) is 57.7 Å². The number of likely N-dealkylation sites (tertiary alicyclic amines) is 1. The van der Waals surface area contributed by atoms with Gasteiger partial charge in [-0.3, -0.25) is 4.79 Å². The molecular weight excluding hydrogens is 416 g/mol. The Balaban J connectivity index is 1.31. The van der Waals surface area contributed by atoms with Gasteiger partial charge < -0.3 is 4.90 Å². The maximum atomic E-state index is 13.2. The van der Waals surface area contributed by atoms with E-state index in [4.69, 9.17) is 0 Å². The third-order valence-corrected chi connectivity index (χ3v) is 10.4. The average Bonchev–Trinajstić information content (AvgIpc) is 3.29. The van der Waals surface area contributed by atoms with E-state index in [0.29, 0.717) is 24.6 Å². The molecule has 1 saturated carbocycles. The zero-order chi connectivity index (χ0) is 20.7. The summed E-state index contributed by atoms with van der Waals surface area (Å²) in [6.45, 7) is 2.50. The van der Waals surface area contributed by atoms with E-state index in [1.165, 1.54) is 42.6 Å². The number of thiophene rings is 1. The van der Waals surface area contributed by atoms with Crippen molar-refractivity contribution in [1.29, 1.82) is 0 Å². The van der Waals surface area contributed by atoms with Gasteiger partial charge in [-0.25, -0.2) is 8.42 Å². The fourth-order valence-electron chi connectivity index (χ4n) is 5.33. The molecule has 0 radical (unpaired) electrons. The van der Waals surface area contributed by atoms with Crippen LogP contribution in [0.3, 0.4) is 0 Å². The van der Waals surface area contributed by atoms with E-state index in [1.807, 2.05) is 23.1 Å². The van der Waals surface area contributed by atoms with Crippen LogP contribution < -0.4 is 0 Å². The monoisotopic (exact) mass is 444 g/mol. The van der Waals surface area contributed by atoms with Crippen molar-refractivity contribution >= 4 is 27.3 Å². The maximum Gasteiger partial charge on any atom is 0.254 e. The lowest BCUT2D eigenvalue weighted by molar-refractivity contribution is 0.0521. The third-order valence-electron chi connectivity index (χ3n) is 7.09. The Hall–Kier alpha value is -1.70. The number of nitrogens with zero attached hydrogens (tertiary/aromatic N) is 2. The van der Waals surface area contributed by atoms with Crippen LogP contribution in [0.1, 0.15) is 53.6 Å². The van der Waals surface area contributed by atoms with Gasteiger partial charge in [0.1, 0.15) is 4.21 Å². The molecule has 2 aromatic rings. The smallest absolute Gasteiger partial charge is 0.254 e. The molecule has 2 aliphatic heterocycles. The first kappa shape index (κ1) is 20.2. The highest BCUT2D eigenvalue weighted by molar-refractivity contribution is 7.91. The fourth-order valence-corrected chi connectivity index (χ4v) is 8.06. The number of fused-ring (bicyclic) bond motifs is 2. The Morgan fingerprint density at radius 3 is 2.60 bits per heavy atom. The maximum absolute atomic E-state index is 13.2. The normalized spacial score (nSPS) is 24.9. The number of rotatable bonds is 3. The predicted molar refractivity (Wildman–Crippen MR) is 118 cm³/mol. The van der Waals surface area contributed by atoms with Gasteiger partial charge in [0.05, 0.1) is 5.56 Å². The molecule has 7 heteroatoms. The highest BCUT2D eigenvalue weighted by atomic mass is 32.2. The highest BCUT2D eigenvalue weighted by Gasteiger charge is 2.34. The lowest BCUT2D eigenvalue weighted by atomic mass is 9.75. The number of sulfonamides is 1. The summed E-state index contributed by atoms with van der Waals surface area (Å²) in [6, 6.07) is 9.60. The average molecular weight is 445 g/mol. The van der Waals surface area contributed by atoms with Crippen LogP contribution in [0.2, 0.25) is 0 Å². The number of hydrogen-bond acceptors (Lipinski definition) is 4. The predicted octanol–water partition coefficient (Wildman–Crippen LogP) is 4.15. The van der Waals surface area contributed by atoms with Crippen LogP contribution in [-0.4, -0.2) is 43.2 Å². The first-order valence-corrected chi connectivity index (χ1v) is 13.3. The minimum Gasteiger partial charge on any atom is -0.338 e. The Labute approximate surface area is 182 Å². The first-order valence-electron chi connectivity index (χ1n) is 11.0. The number of amides is 1. The molecule has 1 saturated heterocycles. The third kappa shape index (κ3) is 3.72. The summed E-state index contributed by atoms with van der Waals surface area (Å²) in [7, 11) is -3.59. The lowest BCUT2D eigenvalue weighted by Gasteiger charge is -2.41. The summed E-state index contributed by atoms with van der Waals surface area (Å²) in [5.41, 5.74) is 2.80. The van der Waals surface area contributed by atoms with Crippen molar-refractivity contribution in [2.24, 2.45) is 11.8 Å². The Kier molecular flexibility index (Phi) is 5.45. The standard InChI is InChI=1S/C23H28N2O3S2/c26-23(24-11-9-17-5-1-3-7-19(17)14-24)21-13-22(29-16-21)30(27,28)25-12-10-18-6-2-4-8-20(18)15-25/h2,4,6,8,13,16-17,19H,1,3,5,7,9-12,14-15H2/t17-,19-/m1/s1. The number of carbonyl (C=O) groups is 1. The van der Waals surface area contributed by atoms with Crippen LogP contribution in [-0.2, 0) is 23.0 Å². The largest absolute Gasteiger partial charge is 0.338 e. The van der Waals surface area contributed by atoms with Crippen molar-refractivity contribution in [2.75, 3.05) is 19.6 Å². The SMILES string of the molecule is O=C(c1csc(S(=O)(=O)N2CCc3ccccc3C2)c1)N1CC[C@H]2CCCC[C@@H]2C1. The van der Waals surface area contributed by atoms with Crippen molar-refractivity contribution in [1.82, 2.24) is 9.21 Å². The van der Waals surface area contributed by atoms with Crippen molar-refractivity contribution < 1.29 is 13.2 Å². The zero-order valence-corrected chi connectivity index (χ0v) is 18.8. The summed E-state index contributed by atoms with van der Waals surface area (Å²) >= 11 is 1.17. The van der Waals surface area contributed by atoms with Gasteiger partial charge in [0, 0.05) is 31.6 Å². The molecule has 0 bridgehead atoms. The minimum absolute atomic E-state index is 0.0132. The molecule has 2 fully saturated rings. The molecule has 1 amide bonds. The van der Waals surface area contributed by atoms with Crippen LogP contribution in [0.25, 0.3) is 0 Å². The molecule has 2 atom stereocenters. The van der Waals surface area contributed by atoms with Crippen molar-refractivity contribution in [3.05, 3.63) is 52.4 Å². The Bertz CT molecular complexity index is 1050. The van der Waals surface area contributed by atoms with Crippen LogP contribution in [0.5, 0.6) is 0 Å². The Morgan fingerprint density at radius 1 is 1.00 bits per heavy atom. The van der Waals surface area contributed by atoms with Gasteiger partial charge in [0.25, 0.3) is 15.9 Å². The van der Waals surface area contributed by atoms with Gasteiger partial charge in [0.2, 0.25) is 0 Å². The summed E-state index contributed by atoms with van der Waals surface area (Å²) in [4.78, 5) is 15.0. The van der Waals surface area contributed by atoms with Gasteiger partial charge in [-0.15, -0.1) is 11.3 Å². The van der Waals surface area contributed by atoms with Crippen LogP contribution in [0, 0.1) is 11.8 Å². The second-order valence-electron chi connectivity index (χ2n) is 8.86.